The van der Waals surface area contributed by atoms with Gasteiger partial charge in [-0.05, 0) is 37.3 Å². The molecule has 0 unspecified atom stereocenters. The number of carbonyl (C=O) groups is 1. The highest BCUT2D eigenvalue weighted by Crippen LogP contribution is 2.37. The molecule has 0 saturated carbocycles. The summed E-state index contributed by atoms with van der Waals surface area (Å²) in [6.07, 6.45) is 3.52. The monoisotopic (exact) mass is 381 g/mol. The van der Waals surface area contributed by atoms with E-state index < -0.39 is 0 Å². The van der Waals surface area contributed by atoms with Crippen molar-refractivity contribution >= 4 is 39.3 Å². The topological polar surface area (TPSA) is 58.9 Å². The van der Waals surface area contributed by atoms with Crippen molar-refractivity contribution in [2.45, 2.75) is 33.6 Å². The molecule has 0 spiro atoms. The molecule has 1 heterocycles. The summed E-state index contributed by atoms with van der Waals surface area (Å²) >= 11 is 1.51. The second-order valence-corrected chi connectivity index (χ2v) is 7.37. The smallest absolute Gasteiger partial charge is 0.341 e. The van der Waals surface area contributed by atoms with Crippen LogP contribution in [0.15, 0.2) is 41.4 Å². The fourth-order valence-electron chi connectivity index (χ4n) is 3.05. The van der Waals surface area contributed by atoms with E-state index in [1.54, 1.807) is 13.1 Å². The van der Waals surface area contributed by atoms with Gasteiger partial charge in [-0.1, -0.05) is 43.7 Å². The number of fused-ring (bicyclic) bond motifs is 1. The second kappa shape index (κ2) is 8.35. The fraction of sp³-hybridized carbons (Fsp3) is 0.273. The van der Waals surface area contributed by atoms with Crippen molar-refractivity contribution in [3.8, 4) is 5.75 Å². The van der Waals surface area contributed by atoms with Gasteiger partial charge in [0.25, 0.3) is 0 Å². The number of hydrogen-bond acceptors (Lipinski definition) is 5. The van der Waals surface area contributed by atoms with Gasteiger partial charge in [0.15, 0.2) is 0 Å². The van der Waals surface area contributed by atoms with Crippen LogP contribution < -0.4 is 0 Å². The first-order valence-corrected chi connectivity index (χ1v) is 9.92. The lowest BCUT2D eigenvalue weighted by atomic mass is 10.1. The summed E-state index contributed by atoms with van der Waals surface area (Å²) in [4.78, 5) is 18.1. The molecule has 0 bridgehead atoms. The maximum absolute atomic E-state index is 12.4. The molecule has 0 aliphatic rings. The molecular formula is C22H23NO3S. The number of ether oxygens (including phenoxy) is 1. The third-order valence-electron chi connectivity index (χ3n) is 4.44. The first-order valence-electron chi connectivity index (χ1n) is 9.11. The number of phenolic OH excluding ortho intramolecular Hbond substituents is 1. The summed E-state index contributed by atoms with van der Waals surface area (Å²) in [6.45, 7) is 6.17. The number of phenols is 1. The van der Waals surface area contributed by atoms with E-state index in [9.17, 15) is 9.90 Å². The van der Waals surface area contributed by atoms with Crippen molar-refractivity contribution in [2.75, 3.05) is 6.61 Å². The Kier molecular flexibility index (Phi) is 5.91. The van der Waals surface area contributed by atoms with Gasteiger partial charge in [-0.25, -0.2) is 9.79 Å². The van der Waals surface area contributed by atoms with Crippen LogP contribution in [0, 0.1) is 6.92 Å². The van der Waals surface area contributed by atoms with Gasteiger partial charge in [-0.15, -0.1) is 11.3 Å². The van der Waals surface area contributed by atoms with Gasteiger partial charge < -0.3 is 9.84 Å². The third kappa shape index (κ3) is 3.88. The van der Waals surface area contributed by atoms with E-state index in [-0.39, 0.29) is 11.7 Å². The molecule has 27 heavy (non-hydrogen) atoms. The number of thiophene rings is 1. The molecule has 0 radical (unpaired) electrons. The molecule has 0 fully saturated rings. The molecule has 1 aromatic heterocycles. The fourth-order valence-corrected chi connectivity index (χ4v) is 4.29. The summed E-state index contributed by atoms with van der Waals surface area (Å²) in [5, 5.41) is 12.9. The third-order valence-corrected chi connectivity index (χ3v) is 5.70. The number of carbonyl (C=O) groups excluding carboxylic acids is 1. The van der Waals surface area contributed by atoms with E-state index in [1.165, 1.54) is 11.3 Å². The Labute approximate surface area is 163 Å². The molecule has 140 valence electrons. The van der Waals surface area contributed by atoms with E-state index in [1.807, 2.05) is 43.3 Å². The highest BCUT2D eigenvalue weighted by molar-refractivity contribution is 7.16. The summed E-state index contributed by atoms with van der Waals surface area (Å²) in [5.41, 5.74) is 2.09. The lowest BCUT2D eigenvalue weighted by molar-refractivity contribution is 0.0527. The summed E-state index contributed by atoms with van der Waals surface area (Å²) in [6, 6.07) is 11.4. The normalized spacial score (nSPS) is 11.4. The zero-order valence-electron chi connectivity index (χ0n) is 15.8. The molecule has 1 N–H and O–H groups in total. The molecule has 3 rings (SSSR count). The molecule has 0 saturated heterocycles. The van der Waals surface area contributed by atoms with Crippen LogP contribution in [0.5, 0.6) is 5.75 Å². The standard InChI is InChI=1S/C22H23NO3S/c1-4-8-18-14(3)19(22(25)26-5-2)21(27-18)23-13-16-12-11-15-9-6-7-10-17(15)20(16)24/h6-7,9-13,24H,4-5,8H2,1-3H3/b23-13+. The van der Waals surface area contributed by atoms with Crippen molar-refractivity contribution in [2.24, 2.45) is 4.99 Å². The minimum absolute atomic E-state index is 0.191. The van der Waals surface area contributed by atoms with Crippen LogP contribution in [-0.2, 0) is 11.2 Å². The minimum Gasteiger partial charge on any atom is -0.507 e. The van der Waals surface area contributed by atoms with Crippen molar-refractivity contribution in [3.63, 3.8) is 0 Å². The van der Waals surface area contributed by atoms with E-state index in [0.29, 0.717) is 22.7 Å². The number of aromatic hydroxyl groups is 1. The van der Waals surface area contributed by atoms with Crippen molar-refractivity contribution in [1.29, 1.82) is 0 Å². The Hall–Kier alpha value is -2.66. The van der Waals surface area contributed by atoms with Gasteiger partial charge in [-0.2, -0.15) is 0 Å². The predicted octanol–water partition coefficient (Wildman–Crippen LogP) is 5.80. The van der Waals surface area contributed by atoms with E-state index >= 15 is 0 Å². The van der Waals surface area contributed by atoms with Crippen molar-refractivity contribution in [3.05, 3.63) is 58.0 Å². The Balaban J connectivity index is 2.03. The maximum atomic E-state index is 12.4. The van der Waals surface area contributed by atoms with Crippen LogP contribution in [0.25, 0.3) is 10.8 Å². The largest absolute Gasteiger partial charge is 0.507 e. The molecular weight excluding hydrogens is 358 g/mol. The van der Waals surface area contributed by atoms with Crippen LogP contribution in [-0.4, -0.2) is 23.9 Å². The number of hydrogen-bond donors (Lipinski definition) is 1. The lowest BCUT2D eigenvalue weighted by Gasteiger charge is -2.04. The Morgan fingerprint density at radius 3 is 2.74 bits per heavy atom. The number of rotatable bonds is 6. The zero-order valence-corrected chi connectivity index (χ0v) is 16.6. The summed E-state index contributed by atoms with van der Waals surface area (Å²) in [7, 11) is 0. The van der Waals surface area contributed by atoms with Crippen molar-refractivity contribution < 1.29 is 14.6 Å². The first-order chi connectivity index (χ1) is 13.1. The van der Waals surface area contributed by atoms with Gasteiger partial charge in [-0.3, -0.25) is 0 Å². The average Bonchev–Trinajstić information content (AvgIpc) is 2.97. The number of aliphatic imine (C=N–C) groups is 1. The highest BCUT2D eigenvalue weighted by Gasteiger charge is 2.21. The molecule has 4 nitrogen and oxygen atoms in total. The number of esters is 1. The molecule has 0 amide bonds. The lowest BCUT2D eigenvalue weighted by Crippen LogP contribution is -2.05. The molecule has 0 aliphatic carbocycles. The number of benzene rings is 2. The quantitative estimate of drug-likeness (QED) is 0.434. The SMILES string of the molecule is CCCc1sc(/N=C/c2ccc3ccccc3c2O)c(C(=O)OCC)c1C. The van der Waals surface area contributed by atoms with Crippen LogP contribution in [0.4, 0.5) is 5.00 Å². The van der Waals surface area contributed by atoms with Gasteiger partial charge >= 0.3 is 5.97 Å². The van der Waals surface area contributed by atoms with Crippen LogP contribution >= 0.6 is 11.3 Å². The Morgan fingerprint density at radius 2 is 2.00 bits per heavy atom. The van der Waals surface area contributed by atoms with E-state index in [4.69, 9.17) is 4.74 Å². The van der Waals surface area contributed by atoms with E-state index in [2.05, 4.69) is 11.9 Å². The zero-order chi connectivity index (χ0) is 19.4. The summed E-state index contributed by atoms with van der Waals surface area (Å²) < 4.78 is 5.22. The second-order valence-electron chi connectivity index (χ2n) is 6.28. The molecule has 0 aliphatic heterocycles. The van der Waals surface area contributed by atoms with Crippen LogP contribution in [0.3, 0.4) is 0 Å². The molecule has 5 heteroatoms. The Bertz CT molecular complexity index is 1000. The molecule has 0 atom stereocenters. The first kappa shape index (κ1) is 19.1. The van der Waals surface area contributed by atoms with E-state index in [0.717, 1.165) is 34.1 Å². The number of nitrogens with zero attached hydrogens (tertiary/aromatic N) is 1. The minimum atomic E-state index is -0.344. The van der Waals surface area contributed by atoms with Gasteiger partial charge in [0.2, 0.25) is 0 Å². The highest BCUT2D eigenvalue weighted by atomic mass is 32.1. The van der Waals surface area contributed by atoms with Crippen molar-refractivity contribution in [1.82, 2.24) is 0 Å². The van der Waals surface area contributed by atoms with Crippen LogP contribution in [0.1, 0.15) is 46.6 Å². The van der Waals surface area contributed by atoms with Crippen LogP contribution in [0.2, 0.25) is 0 Å². The summed E-state index contributed by atoms with van der Waals surface area (Å²) in [5.74, 6) is -0.153. The predicted molar refractivity (Wildman–Crippen MR) is 112 cm³/mol. The average molecular weight is 381 g/mol. The van der Waals surface area contributed by atoms with Gasteiger partial charge in [0.05, 0.1) is 12.2 Å². The maximum Gasteiger partial charge on any atom is 0.341 e. The molecule has 2 aromatic carbocycles. The number of aryl methyl sites for hydroxylation is 1. The molecule has 3 aromatic rings. The van der Waals surface area contributed by atoms with Gasteiger partial charge in [0.1, 0.15) is 10.8 Å². The van der Waals surface area contributed by atoms with Gasteiger partial charge in [0, 0.05) is 22.0 Å². The Morgan fingerprint density at radius 1 is 1.22 bits per heavy atom.